The molecule has 0 radical (unpaired) electrons. The zero-order valence-corrected chi connectivity index (χ0v) is 13.3. The number of thiazole rings is 2. The largest absolute Gasteiger partial charge is 0.382 e. The summed E-state index contributed by atoms with van der Waals surface area (Å²) in [7, 11) is 0. The second kappa shape index (κ2) is 5.98. The summed E-state index contributed by atoms with van der Waals surface area (Å²) in [6.45, 7) is 2.02. The monoisotopic (exact) mass is 323 g/mol. The molecule has 21 heavy (non-hydrogen) atoms. The summed E-state index contributed by atoms with van der Waals surface area (Å²) in [6.07, 6.45) is 4.84. The lowest BCUT2D eigenvalue weighted by molar-refractivity contribution is 0.0940. The van der Waals surface area contributed by atoms with E-state index < -0.39 is 0 Å². The lowest BCUT2D eigenvalue weighted by Gasteiger charge is -2.13. The van der Waals surface area contributed by atoms with Crippen molar-refractivity contribution in [3.8, 4) is 0 Å². The van der Waals surface area contributed by atoms with E-state index >= 15 is 0 Å². The van der Waals surface area contributed by atoms with Crippen LogP contribution in [0.1, 0.15) is 46.9 Å². The Labute approximate surface area is 130 Å². The molecular weight excluding hydrogens is 306 g/mol. The number of nitrogens with one attached hydrogen (secondary N) is 2. The van der Waals surface area contributed by atoms with Gasteiger partial charge in [-0.25, -0.2) is 9.97 Å². The highest BCUT2D eigenvalue weighted by Gasteiger charge is 2.25. The molecule has 4 N–H and O–H groups in total. The topological polar surface area (TPSA) is 92.9 Å². The quantitative estimate of drug-likeness (QED) is 0.760. The molecule has 2 aromatic heterocycles. The van der Waals surface area contributed by atoms with Gasteiger partial charge in [-0.1, -0.05) is 18.3 Å². The van der Waals surface area contributed by atoms with Gasteiger partial charge >= 0.3 is 0 Å². The first kappa shape index (κ1) is 14.3. The van der Waals surface area contributed by atoms with Crippen molar-refractivity contribution in [3.05, 3.63) is 21.5 Å². The number of carbonyl (C=O) groups is 1. The number of nitrogen functional groups attached to an aromatic ring is 1. The van der Waals surface area contributed by atoms with E-state index in [-0.39, 0.29) is 17.8 Å². The van der Waals surface area contributed by atoms with Crippen LogP contribution in [0.2, 0.25) is 0 Å². The fourth-order valence-electron chi connectivity index (χ4n) is 1.93. The third kappa shape index (κ3) is 3.33. The summed E-state index contributed by atoms with van der Waals surface area (Å²) in [5.41, 5.74) is 5.86. The molecule has 1 saturated carbocycles. The summed E-state index contributed by atoms with van der Waals surface area (Å²) in [6, 6.07) is 0.406. The molecule has 1 fully saturated rings. The Morgan fingerprint density at radius 3 is 3.00 bits per heavy atom. The average Bonchev–Trinajstić information content (AvgIpc) is 2.98. The van der Waals surface area contributed by atoms with Crippen molar-refractivity contribution < 1.29 is 4.79 Å². The number of hydrogen-bond donors (Lipinski definition) is 3. The fourth-order valence-corrected chi connectivity index (χ4v) is 3.56. The van der Waals surface area contributed by atoms with Crippen LogP contribution in [0.3, 0.4) is 0 Å². The summed E-state index contributed by atoms with van der Waals surface area (Å²) in [5, 5.41) is 9.78. The van der Waals surface area contributed by atoms with Crippen molar-refractivity contribution in [2.45, 2.75) is 38.3 Å². The first-order valence-corrected chi connectivity index (χ1v) is 8.60. The van der Waals surface area contributed by atoms with Gasteiger partial charge < -0.3 is 16.4 Å². The minimum atomic E-state index is -0.184. The molecular formula is C13H17N5OS2. The molecule has 1 amide bonds. The first-order chi connectivity index (χ1) is 10.2. The van der Waals surface area contributed by atoms with Gasteiger partial charge in [0.1, 0.15) is 15.7 Å². The average molecular weight is 323 g/mol. The number of carbonyl (C=O) groups excluding carboxylic acids is 1. The highest BCUT2D eigenvalue weighted by Crippen LogP contribution is 2.31. The van der Waals surface area contributed by atoms with Crippen LogP contribution in [0.5, 0.6) is 0 Å². The van der Waals surface area contributed by atoms with Gasteiger partial charge in [-0.2, -0.15) is 0 Å². The number of anilines is 2. The molecule has 1 atom stereocenters. The highest BCUT2D eigenvalue weighted by molar-refractivity contribution is 7.18. The molecule has 112 valence electrons. The molecule has 0 saturated heterocycles. The fraction of sp³-hybridized carbons (Fsp3) is 0.462. The lowest BCUT2D eigenvalue weighted by atomic mass is 10.2. The third-order valence-electron chi connectivity index (χ3n) is 3.23. The van der Waals surface area contributed by atoms with Crippen LogP contribution in [-0.2, 0) is 0 Å². The summed E-state index contributed by atoms with van der Waals surface area (Å²) in [5.74, 6) is 0.102. The van der Waals surface area contributed by atoms with Crippen LogP contribution in [0.25, 0.3) is 0 Å². The highest BCUT2D eigenvalue weighted by atomic mass is 32.1. The number of nitrogens with zero attached hydrogens (tertiary/aromatic N) is 2. The van der Waals surface area contributed by atoms with E-state index in [4.69, 9.17) is 5.73 Å². The summed E-state index contributed by atoms with van der Waals surface area (Å²) in [4.78, 5) is 21.3. The van der Waals surface area contributed by atoms with Crippen molar-refractivity contribution in [2.75, 3.05) is 11.1 Å². The van der Waals surface area contributed by atoms with Crippen molar-refractivity contribution in [3.63, 3.8) is 0 Å². The first-order valence-electron chi connectivity index (χ1n) is 6.90. The van der Waals surface area contributed by atoms with Gasteiger partial charge in [0, 0.05) is 17.6 Å². The Kier molecular flexibility index (Phi) is 4.07. The SMILES string of the molecule is CCC(NC(=O)c1sc(NC2CC2)nc1N)c1nccs1. The predicted octanol–water partition coefficient (Wildman–Crippen LogP) is 2.64. The number of amides is 1. The van der Waals surface area contributed by atoms with Crippen molar-refractivity contribution >= 4 is 39.5 Å². The second-order valence-corrected chi connectivity index (χ2v) is 6.88. The zero-order valence-electron chi connectivity index (χ0n) is 11.6. The molecule has 8 heteroatoms. The second-order valence-electron chi connectivity index (χ2n) is 4.96. The maximum absolute atomic E-state index is 12.4. The minimum Gasteiger partial charge on any atom is -0.382 e. The Morgan fingerprint density at radius 1 is 1.57 bits per heavy atom. The van der Waals surface area contributed by atoms with Gasteiger partial charge in [0.25, 0.3) is 5.91 Å². The van der Waals surface area contributed by atoms with Crippen LogP contribution < -0.4 is 16.4 Å². The smallest absolute Gasteiger partial charge is 0.265 e. The van der Waals surface area contributed by atoms with Gasteiger partial charge in [0.2, 0.25) is 0 Å². The van der Waals surface area contributed by atoms with Crippen molar-refractivity contribution in [2.24, 2.45) is 0 Å². The summed E-state index contributed by atoms with van der Waals surface area (Å²) < 4.78 is 0. The van der Waals surface area contributed by atoms with Crippen molar-refractivity contribution in [1.29, 1.82) is 0 Å². The predicted molar refractivity (Wildman–Crippen MR) is 85.8 cm³/mol. The van der Waals surface area contributed by atoms with E-state index in [1.165, 1.54) is 22.7 Å². The maximum Gasteiger partial charge on any atom is 0.265 e. The minimum absolute atomic E-state index is 0.0844. The van der Waals surface area contributed by atoms with E-state index in [0.29, 0.717) is 10.9 Å². The Balaban J connectivity index is 1.70. The van der Waals surface area contributed by atoms with Gasteiger partial charge in [-0.05, 0) is 19.3 Å². The molecule has 1 unspecified atom stereocenters. The molecule has 0 aromatic carbocycles. The van der Waals surface area contributed by atoms with E-state index in [1.54, 1.807) is 6.20 Å². The van der Waals surface area contributed by atoms with Gasteiger partial charge in [-0.3, -0.25) is 4.79 Å². The maximum atomic E-state index is 12.4. The van der Waals surface area contributed by atoms with Gasteiger partial charge in [0.05, 0.1) is 6.04 Å². The summed E-state index contributed by atoms with van der Waals surface area (Å²) >= 11 is 2.85. The van der Waals surface area contributed by atoms with E-state index in [0.717, 1.165) is 29.4 Å². The lowest BCUT2D eigenvalue weighted by Crippen LogP contribution is -2.28. The molecule has 2 heterocycles. The van der Waals surface area contributed by atoms with E-state index in [1.807, 2.05) is 12.3 Å². The van der Waals surface area contributed by atoms with Crippen LogP contribution in [0.15, 0.2) is 11.6 Å². The van der Waals surface area contributed by atoms with Crippen LogP contribution >= 0.6 is 22.7 Å². The molecule has 6 nitrogen and oxygen atoms in total. The number of nitrogens with two attached hydrogens (primary N) is 1. The Hall–Kier alpha value is -1.67. The normalized spacial score (nSPS) is 15.7. The third-order valence-corrected chi connectivity index (χ3v) is 5.12. The molecule has 3 rings (SSSR count). The Bertz CT molecular complexity index is 621. The Morgan fingerprint density at radius 2 is 2.38 bits per heavy atom. The molecule has 1 aliphatic carbocycles. The molecule has 0 bridgehead atoms. The van der Waals surface area contributed by atoms with E-state index in [2.05, 4.69) is 20.6 Å². The van der Waals surface area contributed by atoms with Crippen LogP contribution in [-0.4, -0.2) is 21.9 Å². The van der Waals surface area contributed by atoms with E-state index in [9.17, 15) is 4.79 Å². The number of aromatic nitrogens is 2. The van der Waals surface area contributed by atoms with Gasteiger partial charge in [-0.15, -0.1) is 11.3 Å². The number of rotatable bonds is 6. The molecule has 2 aromatic rings. The molecule has 0 spiro atoms. The molecule has 0 aliphatic heterocycles. The molecule has 1 aliphatic rings. The van der Waals surface area contributed by atoms with Gasteiger partial charge in [0.15, 0.2) is 5.13 Å². The standard InChI is InChI=1S/C13H17N5OS2/c1-2-8(12-15-5-6-20-12)17-11(19)9-10(14)18-13(21-9)16-7-3-4-7/h5-8H,2-4,14H2,1H3,(H,16,18)(H,17,19). The zero-order chi connectivity index (χ0) is 14.8. The van der Waals surface area contributed by atoms with Crippen LogP contribution in [0.4, 0.5) is 10.9 Å². The van der Waals surface area contributed by atoms with Crippen molar-refractivity contribution in [1.82, 2.24) is 15.3 Å². The van der Waals surface area contributed by atoms with Crippen LogP contribution in [0, 0.1) is 0 Å². The number of hydrogen-bond acceptors (Lipinski definition) is 7.